The Morgan fingerprint density at radius 2 is 2.00 bits per heavy atom. The summed E-state index contributed by atoms with van der Waals surface area (Å²) in [5, 5.41) is 19.2. The number of ether oxygens (including phenoxy) is 1. The van der Waals surface area contributed by atoms with Crippen LogP contribution in [0.15, 0.2) is 16.6 Å². The van der Waals surface area contributed by atoms with E-state index in [0.29, 0.717) is 25.6 Å². The van der Waals surface area contributed by atoms with Crippen LogP contribution in [-0.2, 0) is 4.74 Å². The minimum atomic E-state index is -0.242. The van der Waals surface area contributed by atoms with E-state index in [9.17, 15) is 10.2 Å². The molecule has 18 heavy (non-hydrogen) atoms. The highest BCUT2D eigenvalue weighted by Crippen LogP contribution is 2.26. The molecule has 2 rings (SSSR count). The molecule has 2 aliphatic rings. The average molecular weight is 254 g/mol. The van der Waals surface area contributed by atoms with Gasteiger partial charge in [-0.3, -0.25) is 0 Å². The van der Waals surface area contributed by atoms with Crippen molar-refractivity contribution >= 4 is 5.84 Å². The Hall–Kier alpha value is -1.23. The van der Waals surface area contributed by atoms with Crippen molar-refractivity contribution in [1.29, 1.82) is 0 Å². The molecule has 0 spiro atoms. The number of hydrogen-bond acceptors (Lipinski definition) is 5. The fraction of sp³-hybridized carbons (Fsp3) is 0.769. The number of aliphatic hydroxyl groups is 2. The molecule has 0 bridgehead atoms. The Kier molecular flexibility index (Phi) is 4.47. The van der Waals surface area contributed by atoms with E-state index in [1.807, 2.05) is 0 Å². The van der Waals surface area contributed by atoms with E-state index in [1.54, 1.807) is 7.11 Å². The molecule has 0 amide bonds. The number of aliphatic imine (C=N–C) groups is 1. The molecule has 1 aliphatic heterocycles. The fourth-order valence-corrected chi connectivity index (χ4v) is 2.70. The summed E-state index contributed by atoms with van der Waals surface area (Å²) in [7, 11) is 1.65. The quantitative estimate of drug-likeness (QED) is 0.808. The SMILES string of the molecule is COCCC1=NC(O)=C(O)CN1C1CCCCC1. The first kappa shape index (κ1) is 13.2. The van der Waals surface area contributed by atoms with Gasteiger partial charge in [0.25, 0.3) is 5.88 Å². The van der Waals surface area contributed by atoms with Crippen LogP contribution in [0.5, 0.6) is 0 Å². The van der Waals surface area contributed by atoms with Crippen molar-refractivity contribution in [2.45, 2.75) is 44.6 Å². The van der Waals surface area contributed by atoms with E-state index in [1.165, 1.54) is 19.3 Å². The van der Waals surface area contributed by atoms with E-state index >= 15 is 0 Å². The van der Waals surface area contributed by atoms with Crippen LogP contribution < -0.4 is 0 Å². The summed E-state index contributed by atoms with van der Waals surface area (Å²) >= 11 is 0. The minimum Gasteiger partial charge on any atom is -0.506 e. The molecule has 1 saturated carbocycles. The molecule has 0 atom stereocenters. The molecule has 5 heteroatoms. The van der Waals surface area contributed by atoms with Crippen LogP contribution >= 0.6 is 0 Å². The van der Waals surface area contributed by atoms with Crippen molar-refractivity contribution in [3.8, 4) is 0 Å². The summed E-state index contributed by atoms with van der Waals surface area (Å²) in [6.07, 6.45) is 6.71. The van der Waals surface area contributed by atoms with E-state index in [2.05, 4.69) is 9.89 Å². The zero-order valence-corrected chi connectivity index (χ0v) is 10.9. The van der Waals surface area contributed by atoms with Gasteiger partial charge < -0.3 is 19.8 Å². The average Bonchev–Trinajstić information content (AvgIpc) is 2.40. The lowest BCUT2D eigenvalue weighted by molar-refractivity contribution is 0.183. The van der Waals surface area contributed by atoms with Crippen LogP contribution in [0.4, 0.5) is 0 Å². The molecule has 1 fully saturated rings. The van der Waals surface area contributed by atoms with Gasteiger partial charge in [0, 0.05) is 19.6 Å². The van der Waals surface area contributed by atoms with Gasteiger partial charge in [0.1, 0.15) is 5.84 Å². The summed E-state index contributed by atoms with van der Waals surface area (Å²) in [6, 6.07) is 0.435. The molecule has 1 aliphatic carbocycles. The van der Waals surface area contributed by atoms with Crippen LogP contribution in [0.1, 0.15) is 38.5 Å². The van der Waals surface area contributed by atoms with Crippen molar-refractivity contribution in [3.63, 3.8) is 0 Å². The molecule has 5 nitrogen and oxygen atoms in total. The Bertz CT molecular complexity index is 346. The Morgan fingerprint density at radius 1 is 1.28 bits per heavy atom. The lowest BCUT2D eigenvalue weighted by atomic mass is 9.93. The van der Waals surface area contributed by atoms with Crippen LogP contribution in [0, 0.1) is 0 Å². The number of rotatable bonds is 4. The highest BCUT2D eigenvalue weighted by molar-refractivity contribution is 5.84. The van der Waals surface area contributed by atoms with Gasteiger partial charge in [-0.15, -0.1) is 0 Å². The topological polar surface area (TPSA) is 65.3 Å². The maximum absolute atomic E-state index is 9.67. The first-order chi connectivity index (χ1) is 8.72. The van der Waals surface area contributed by atoms with Gasteiger partial charge in [-0.2, -0.15) is 4.99 Å². The van der Waals surface area contributed by atoms with Gasteiger partial charge in [-0.05, 0) is 12.8 Å². The largest absolute Gasteiger partial charge is 0.506 e. The second-order valence-electron chi connectivity index (χ2n) is 4.96. The van der Waals surface area contributed by atoms with Gasteiger partial charge in [0.05, 0.1) is 13.2 Å². The highest BCUT2D eigenvalue weighted by atomic mass is 16.5. The van der Waals surface area contributed by atoms with Crippen LogP contribution in [0.2, 0.25) is 0 Å². The van der Waals surface area contributed by atoms with E-state index in [-0.39, 0.29) is 11.6 Å². The number of amidine groups is 1. The maximum Gasteiger partial charge on any atom is 0.253 e. The second kappa shape index (κ2) is 6.09. The monoisotopic (exact) mass is 254 g/mol. The van der Waals surface area contributed by atoms with Crippen LogP contribution in [0.25, 0.3) is 0 Å². The van der Waals surface area contributed by atoms with Crippen molar-refractivity contribution in [3.05, 3.63) is 11.6 Å². The van der Waals surface area contributed by atoms with E-state index < -0.39 is 0 Å². The third kappa shape index (κ3) is 2.96. The van der Waals surface area contributed by atoms with Crippen LogP contribution in [-0.4, -0.2) is 47.3 Å². The maximum atomic E-state index is 9.67. The van der Waals surface area contributed by atoms with Gasteiger partial charge in [-0.1, -0.05) is 19.3 Å². The minimum absolute atomic E-state index is 0.0262. The zero-order valence-electron chi connectivity index (χ0n) is 10.9. The first-order valence-electron chi connectivity index (χ1n) is 6.66. The standard InChI is InChI=1S/C13H22N2O3/c1-18-8-7-12-14-13(17)11(16)9-15(12)10-5-3-2-4-6-10/h10,16-17H,2-9H2,1H3. The van der Waals surface area contributed by atoms with Crippen molar-refractivity contribution < 1.29 is 14.9 Å². The molecule has 0 radical (unpaired) electrons. The van der Waals surface area contributed by atoms with E-state index in [0.717, 1.165) is 18.7 Å². The smallest absolute Gasteiger partial charge is 0.253 e. The lowest BCUT2D eigenvalue weighted by Crippen LogP contribution is -2.44. The summed E-state index contributed by atoms with van der Waals surface area (Å²) in [5.41, 5.74) is 0. The molecule has 2 N–H and O–H groups in total. The van der Waals surface area contributed by atoms with Gasteiger partial charge in [0.2, 0.25) is 0 Å². The molecule has 0 aromatic rings. The molecule has 0 aromatic carbocycles. The molecular formula is C13H22N2O3. The third-order valence-corrected chi connectivity index (χ3v) is 3.69. The highest BCUT2D eigenvalue weighted by Gasteiger charge is 2.28. The molecule has 0 aromatic heterocycles. The van der Waals surface area contributed by atoms with Gasteiger partial charge >= 0.3 is 0 Å². The van der Waals surface area contributed by atoms with Gasteiger partial charge in [0.15, 0.2) is 5.76 Å². The van der Waals surface area contributed by atoms with Crippen molar-refractivity contribution in [2.75, 3.05) is 20.3 Å². The Morgan fingerprint density at radius 3 is 2.67 bits per heavy atom. The summed E-state index contributed by atoms with van der Waals surface area (Å²) in [6.45, 7) is 0.954. The number of aliphatic hydroxyl groups excluding tert-OH is 2. The first-order valence-corrected chi connectivity index (χ1v) is 6.66. The third-order valence-electron chi connectivity index (χ3n) is 3.69. The second-order valence-corrected chi connectivity index (χ2v) is 4.96. The number of hydrogen-bond donors (Lipinski definition) is 2. The fourth-order valence-electron chi connectivity index (χ4n) is 2.70. The van der Waals surface area contributed by atoms with Crippen molar-refractivity contribution in [2.24, 2.45) is 4.99 Å². The zero-order chi connectivity index (χ0) is 13.0. The normalized spacial score (nSPS) is 22.3. The predicted octanol–water partition coefficient (Wildman–Crippen LogP) is 2.35. The van der Waals surface area contributed by atoms with Gasteiger partial charge in [-0.25, -0.2) is 0 Å². The summed E-state index contributed by atoms with van der Waals surface area (Å²) in [5.74, 6) is 0.564. The predicted molar refractivity (Wildman–Crippen MR) is 69.8 cm³/mol. The molecule has 0 unspecified atom stereocenters. The van der Waals surface area contributed by atoms with Crippen LogP contribution in [0.3, 0.4) is 0 Å². The molecular weight excluding hydrogens is 232 g/mol. The summed E-state index contributed by atoms with van der Waals surface area (Å²) in [4.78, 5) is 6.24. The number of methoxy groups -OCH3 is 1. The summed E-state index contributed by atoms with van der Waals surface area (Å²) < 4.78 is 5.07. The molecule has 0 saturated heterocycles. The van der Waals surface area contributed by atoms with E-state index in [4.69, 9.17) is 4.74 Å². The Balaban J connectivity index is 2.09. The number of nitrogens with zero attached hydrogens (tertiary/aromatic N) is 2. The van der Waals surface area contributed by atoms with Crippen molar-refractivity contribution in [1.82, 2.24) is 4.90 Å². The Labute approximate surface area is 108 Å². The molecule has 102 valence electrons. The lowest BCUT2D eigenvalue weighted by Gasteiger charge is -2.38. The molecule has 1 heterocycles.